The van der Waals surface area contributed by atoms with Crippen molar-refractivity contribution in [2.24, 2.45) is 5.92 Å². The summed E-state index contributed by atoms with van der Waals surface area (Å²) in [6.07, 6.45) is 1.77. The van der Waals surface area contributed by atoms with E-state index in [9.17, 15) is 9.59 Å². The SMILES string of the molecule is CC1COc2cc(C(=O)O)ccc2CN1C(=O)C1CCCOC1. The molecule has 2 aliphatic heterocycles. The number of benzene rings is 1. The monoisotopic (exact) mass is 319 g/mol. The fraction of sp³-hybridized carbons (Fsp3) is 0.529. The van der Waals surface area contributed by atoms with Crippen molar-refractivity contribution in [3.05, 3.63) is 29.3 Å². The molecule has 2 atom stereocenters. The molecule has 0 bridgehead atoms. The number of fused-ring (bicyclic) bond motifs is 1. The Morgan fingerprint density at radius 2 is 2.13 bits per heavy atom. The molecule has 2 unspecified atom stereocenters. The van der Waals surface area contributed by atoms with Crippen molar-refractivity contribution >= 4 is 11.9 Å². The standard InChI is InChI=1S/C17H21NO5/c1-11-9-23-15-7-12(17(20)21)4-5-13(15)8-18(11)16(19)14-3-2-6-22-10-14/h4-5,7,11,14H,2-3,6,8-10H2,1H3,(H,20,21). The number of carbonyl (C=O) groups excluding carboxylic acids is 1. The van der Waals surface area contributed by atoms with Crippen LogP contribution in [0.3, 0.4) is 0 Å². The number of ether oxygens (including phenoxy) is 2. The first-order chi connectivity index (χ1) is 11.1. The Balaban J connectivity index is 1.82. The molecule has 6 nitrogen and oxygen atoms in total. The Labute approximate surface area is 135 Å². The molecule has 1 aromatic carbocycles. The fourth-order valence-corrected chi connectivity index (χ4v) is 3.06. The van der Waals surface area contributed by atoms with Crippen LogP contribution in [0.1, 0.15) is 35.7 Å². The molecule has 0 spiro atoms. The third kappa shape index (κ3) is 3.32. The summed E-state index contributed by atoms with van der Waals surface area (Å²) in [5.41, 5.74) is 1.03. The van der Waals surface area contributed by atoms with E-state index >= 15 is 0 Å². The number of hydrogen-bond acceptors (Lipinski definition) is 4. The Morgan fingerprint density at radius 3 is 2.83 bits per heavy atom. The van der Waals surface area contributed by atoms with E-state index in [1.54, 1.807) is 12.1 Å². The second kappa shape index (κ2) is 6.58. The van der Waals surface area contributed by atoms with Gasteiger partial charge in [0.15, 0.2) is 0 Å². The molecule has 2 heterocycles. The summed E-state index contributed by atoms with van der Waals surface area (Å²) in [6, 6.07) is 4.74. The van der Waals surface area contributed by atoms with Crippen LogP contribution in [0, 0.1) is 5.92 Å². The summed E-state index contributed by atoms with van der Waals surface area (Å²) in [6.45, 7) is 3.95. The van der Waals surface area contributed by atoms with Gasteiger partial charge in [0.2, 0.25) is 5.91 Å². The highest BCUT2D eigenvalue weighted by molar-refractivity contribution is 5.88. The topological polar surface area (TPSA) is 76.1 Å². The highest BCUT2D eigenvalue weighted by atomic mass is 16.5. The predicted octanol–water partition coefficient (Wildman–Crippen LogP) is 1.92. The van der Waals surface area contributed by atoms with E-state index < -0.39 is 5.97 Å². The molecule has 1 saturated heterocycles. The lowest BCUT2D eigenvalue weighted by Crippen LogP contribution is -2.45. The van der Waals surface area contributed by atoms with Gasteiger partial charge in [0.1, 0.15) is 12.4 Å². The summed E-state index contributed by atoms with van der Waals surface area (Å²) in [5, 5.41) is 9.09. The molecule has 3 rings (SSSR count). The minimum atomic E-state index is -0.985. The van der Waals surface area contributed by atoms with Crippen molar-refractivity contribution in [1.82, 2.24) is 4.90 Å². The van der Waals surface area contributed by atoms with Crippen LogP contribution in [0.25, 0.3) is 0 Å². The number of carboxylic acids is 1. The molecule has 1 aromatic rings. The zero-order valence-electron chi connectivity index (χ0n) is 13.2. The maximum Gasteiger partial charge on any atom is 0.335 e. The van der Waals surface area contributed by atoms with Gasteiger partial charge in [-0.25, -0.2) is 4.79 Å². The summed E-state index contributed by atoms with van der Waals surface area (Å²) in [4.78, 5) is 25.7. The third-order valence-corrected chi connectivity index (χ3v) is 4.46. The second-order valence-electron chi connectivity index (χ2n) is 6.17. The van der Waals surface area contributed by atoms with E-state index in [4.69, 9.17) is 14.6 Å². The van der Waals surface area contributed by atoms with E-state index in [0.717, 1.165) is 25.0 Å². The van der Waals surface area contributed by atoms with E-state index in [2.05, 4.69) is 0 Å². The van der Waals surface area contributed by atoms with Gasteiger partial charge in [0.05, 0.1) is 24.1 Å². The molecule has 0 radical (unpaired) electrons. The first-order valence-corrected chi connectivity index (χ1v) is 7.93. The van der Waals surface area contributed by atoms with E-state index in [1.165, 1.54) is 6.07 Å². The smallest absolute Gasteiger partial charge is 0.335 e. The molecular formula is C17H21NO5. The first kappa shape index (κ1) is 15.8. The Bertz CT molecular complexity index is 609. The van der Waals surface area contributed by atoms with Crippen molar-refractivity contribution < 1.29 is 24.2 Å². The summed E-state index contributed by atoms with van der Waals surface area (Å²) < 4.78 is 11.2. The van der Waals surface area contributed by atoms with Gasteiger partial charge < -0.3 is 19.5 Å². The van der Waals surface area contributed by atoms with Crippen LogP contribution in [-0.4, -0.2) is 47.7 Å². The minimum Gasteiger partial charge on any atom is -0.491 e. The molecule has 6 heteroatoms. The average Bonchev–Trinajstić information content (AvgIpc) is 2.74. The molecular weight excluding hydrogens is 298 g/mol. The van der Waals surface area contributed by atoms with Crippen LogP contribution >= 0.6 is 0 Å². The minimum absolute atomic E-state index is 0.0647. The van der Waals surface area contributed by atoms with Crippen molar-refractivity contribution in [2.45, 2.75) is 32.4 Å². The van der Waals surface area contributed by atoms with Crippen LogP contribution in [0.4, 0.5) is 0 Å². The van der Waals surface area contributed by atoms with E-state index in [0.29, 0.717) is 25.5 Å². The molecule has 1 N–H and O–H groups in total. The molecule has 2 aliphatic rings. The van der Waals surface area contributed by atoms with Crippen molar-refractivity contribution in [2.75, 3.05) is 19.8 Å². The lowest BCUT2D eigenvalue weighted by atomic mass is 9.99. The maximum atomic E-state index is 12.8. The molecule has 0 saturated carbocycles. The van der Waals surface area contributed by atoms with E-state index in [1.807, 2.05) is 11.8 Å². The maximum absolute atomic E-state index is 12.8. The Morgan fingerprint density at radius 1 is 1.30 bits per heavy atom. The zero-order chi connectivity index (χ0) is 16.4. The van der Waals surface area contributed by atoms with Crippen LogP contribution in [-0.2, 0) is 16.1 Å². The van der Waals surface area contributed by atoms with Gasteiger partial charge in [-0.15, -0.1) is 0 Å². The first-order valence-electron chi connectivity index (χ1n) is 7.93. The Kier molecular flexibility index (Phi) is 4.52. The van der Waals surface area contributed by atoms with Gasteiger partial charge in [-0.2, -0.15) is 0 Å². The molecule has 0 aliphatic carbocycles. The molecule has 124 valence electrons. The van der Waals surface area contributed by atoms with Crippen LogP contribution in [0.15, 0.2) is 18.2 Å². The molecule has 0 aromatic heterocycles. The lowest BCUT2D eigenvalue weighted by molar-refractivity contribution is -0.142. The second-order valence-corrected chi connectivity index (χ2v) is 6.17. The molecule has 1 amide bonds. The van der Waals surface area contributed by atoms with Crippen LogP contribution in [0.5, 0.6) is 5.75 Å². The van der Waals surface area contributed by atoms with Crippen molar-refractivity contribution in [3.63, 3.8) is 0 Å². The number of rotatable bonds is 2. The number of aromatic carboxylic acids is 1. The highest BCUT2D eigenvalue weighted by Crippen LogP contribution is 2.28. The Hall–Kier alpha value is -2.08. The lowest BCUT2D eigenvalue weighted by Gasteiger charge is -2.31. The van der Waals surface area contributed by atoms with Gasteiger partial charge in [-0.05, 0) is 31.9 Å². The summed E-state index contributed by atoms with van der Waals surface area (Å²) in [7, 11) is 0. The number of carbonyl (C=O) groups is 2. The van der Waals surface area contributed by atoms with Crippen LogP contribution < -0.4 is 4.74 Å². The summed E-state index contributed by atoms with van der Waals surface area (Å²) in [5.74, 6) is -0.435. The number of amides is 1. The quantitative estimate of drug-likeness (QED) is 0.901. The third-order valence-electron chi connectivity index (χ3n) is 4.46. The van der Waals surface area contributed by atoms with Gasteiger partial charge in [0, 0.05) is 18.7 Å². The average molecular weight is 319 g/mol. The normalized spacial score (nSPS) is 24.3. The van der Waals surface area contributed by atoms with Gasteiger partial charge in [0.25, 0.3) is 0 Å². The number of nitrogens with zero attached hydrogens (tertiary/aromatic N) is 1. The van der Waals surface area contributed by atoms with Gasteiger partial charge >= 0.3 is 5.97 Å². The van der Waals surface area contributed by atoms with Gasteiger partial charge in [-0.3, -0.25) is 4.79 Å². The molecule has 23 heavy (non-hydrogen) atoms. The summed E-state index contributed by atoms with van der Waals surface area (Å²) >= 11 is 0. The number of hydrogen-bond donors (Lipinski definition) is 1. The molecule has 1 fully saturated rings. The van der Waals surface area contributed by atoms with Crippen LogP contribution in [0.2, 0.25) is 0 Å². The van der Waals surface area contributed by atoms with E-state index in [-0.39, 0.29) is 23.4 Å². The van der Waals surface area contributed by atoms with Gasteiger partial charge in [-0.1, -0.05) is 6.07 Å². The zero-order valence-corrected chi connectivity index (χ0v) is 13.2. The van der Waals surface area contributed by atoms with Crippen molar-refractivity contribution in [1.29, 1.82) is 0 Å². The largest absolute Gasteiger partial charge is 0.491 e. The predicted molar refractivity (Wildman–Crippen MR) is 82.5 cm³/mol. The fourth-order valence-electron chi connectivity index (χ4n) is 3.06. The highest BCUT2D eigenvalue weighted by Gasteiger charge is 2.32. The number of carboxylic acid groups (broad SMARTS) is 1. The van der Waals surface area contributed by atoms with Crippen molar-refractivity contribution in [3.8, 4) is 5.75 Å².